The number of nitrogens with zero attached hydrogens (tertiary/aromatic N) is 2. The van der Waals surface area contributed by atoms with Gasteiger partial charge in [-0.2, -0.15) is 0 Å². The molecule has 144 valence electrons. The first-order chi connectivity index (χ1) is 12.5. The summed E-state index contributed by atoms with van der Waals surface area (Å²) in [7, 11) is 2.20. The molecule has 2 nitrogen and oxygen atoms in total. The Bertz CT molecular complexity index is 609. The quantitative estimate of drug-likeness (QED) is 0.635. The van der Waals surface area contributed by atoms with E-state index in [0.717, 1.165) is 29.5 Å². The fourth-order valence-corrected chi connectivity index (χ4v) is 3.10. The monoisotopic (exact) mass is 374 g/mol. The molecule has 26 heavy (non-hydrogen) atoms. The largest absolute Gasteiger partial charge is 0.306 e. The van der Waals surface area contributed by atoms with Crippen molar-refractivity contribution in [2.45, 2.75) is 53.4 Å². The van der Waals surface area contributed by atoms with Crippen LogP contribution in [-0.2, 0) is 12.8 Å². The second-order valence-electron chi connectivity index (χ2n) is 6.86. The van der Waals surface area contributed by atoms with E-state index in [1.54, 1.807) is 0 Å². The molecule has 0 radical (unpaired) electrons. The number of halogens is 1. The van der Waals surface area contributed by atoms with Crippen LogP contribution in [0.15, 0.2) is 42.6 Å². The molecule has 0 saturated carbocycles. The molecule has 3 heteroatoms. The normalized spacial score (nSPS) is 14.7. The van der Waals surface area contributed by atoms with Gasteiger partial charge in [0.2, 0.25) is 0 Å². The summed E-state index contributed by atoms with van der Waals surface area (Å²) in [6.45, 7) is 11.0. The predicted octanol–water partition coefficient (Wildman–Crippen LogP) is 6.20. The molecule has 1 aliphatic rings. The number of likely N-dealkylation sites (tertiary alicyclic amines) is 1. The average molecular weight is 375 g/mol. The number of benzene rings is 1. The smallest absolute Gasteiger partial charge is 0.0408 e. The van der Waals surface area contributed by atoms with Crippen molar-refractivity contribution in [3.63, 3.8) is 0 Å². The van der Waals surface area contributed by atoms with Gasteiger partial charge in [0, 0.05) is 16.9 Å². The van der Waals surface area contributed by atoms with Crippen molar-refractivity contribution < 1.29 is 0 Å². The Hall–Kier alpha value is -1.38. The van der Waals surface area contributed by atoms with Crippen molar-refractivity contribution in [2.75, 3.05) is 20.1 Å². The van der Waals surface area contributed by atoms with Gasteiger partial charge in [0.05, 0.1) is 0 Å². The second-order valence-corrected chi connectivity index (χ2v) is 7.30. The summed E-state index contributed by atoms with van der Waals surface area (Å²) in [6, 6.07) is 12.1. The molecule has 1 fully saturated rings. The zero-order chi connectivity index (χ0) is 19.4. The first kappa shape index (κ1) is 22.7. The maximum absolute atomic E-state index is 5.95. The molecule has 1 aromatic carbocycles. The molecule has 2 heterocycles. The van der Waals surface area contributed by atoms with E-state index < -0.39 is 0 Å². The van der Waals surface area contributed by atoms with Gasteiger partial charge >= 0.3 is 0 Å². The lowest BCUT2D eigenvalue weighted by molar-refractivity contribution is 0.230. The highest BCUT2D eigenvalue weighted by Crippen LogP contribution is 2.14. The fraction of sp³-hybridized carbons (Fsp3) is 0.522. The van der Waals surface area contributed by atoms with Crippen LogP contribution < -0.4 is 0 Å². The van der Waals surface area contributed by atoms with Crippen LogP contribution in [0.1, 0.15) is 50.4 Å². The van der Waals surface area contributed by atoms with Crippen LogP contribution in [0.2, 0.25) is 5.02 Å². The minimum absolute atomic E-state index is 0.806. The van der Waals surface area contributed by atoms with E-state index in [2.05, 4.69) is 36.0 Å². The molecule has 1 aliphatic heterocycles. The lowest BCUT2D eigenvalue weighted by Gasteiger charge is -2.26. The average Bonchev–Trinajstić information content (AvgIpc) is 2.66. The Morgan fingerprint density at radius 3 is 2.35 bits per heavy atom. The summed E-state index contributed by atoms with van der Waals surface area (Å²) < 4.78 is 0. The Labute approximate surface area is 165 Å². The first-order valence-electron chi connectivity index (χ1n) is 9.88. The highest BCUT2D eigenvalue weighted by Gasteiger charge is 2.10. The first-order valence-corrected chi connectivity index (χ1v) is 10.3. The number of rotatable bonds is 3. The van der Waals surface area contributed by atoms with Gasteiger partial charge in [-0.25, -0.2) is 0 Å². The van der Waals surface area contributed by atoms with Gasteiger partial charge in [0.25, 0.3) is 0 Å². The predicted molar refractivity (Wildman–Crippen MR) is 115 cm³/mol. The van der Waals surface area contributed by atoms with Crippen molar-refractivity contribution >= 4 is 11.6 Å². The van der Waals surface area contributed by atoms with Crippen LogP contribution in [-0.4, -0.2) is 30.0 Å². The molecule has 0 aliphatic carbocycles. The number of piperidine rings is 1. The summed E-state index contributed by atoms with van der Waals surface area (Å²) in [5, 5.41) is 0.806. The van der Waals surface area contributed by atoms with Gasteiger partial charge in [-0.05, 0) is 88.0 Å². The number of aromatic nitrogens is 1. The van der Waals surface area contributed by atoms with Crippen molar-refractivity contribution in [3.8, 4) is 0 Å². The van der Waals surface area contributed by atoms with E-state index in [1.807, 2.05) is 51.2 Å². The van der Waals surface area contributed by atoms with Gasteiger partial charge < -0.3 is 4.90 Å². The third-order valence-corrected chi connectivity index (χ3v) is 4.93. The number of aryl methyl sites for hydroxylation is 3. The fourth-order valence-electron chi connectivity index (χ4n) is 2.89. The molecule has 2 aromatic rings. The van der Waals surface area contributed by atoms with Gasteiger partial charge in [-0.3, -0.25) is 4.98 Å². The molecular formula is C23H35ClN2. The van der Waals surface area contributed by atoms with Crippen LogP contribution in [0, 0.1) is 12.8 Å². The van der Waals surface area contributed by atoms with E-state index >= 15 is 0 Å². The van der Waals surface area contributed by atoms with Crippen molar-refractivity contribution in [1.82, 2.24) is 9.88 Å². The molecule has 1 aromatic heterocycles. The summed E-state index contributed by atoms with van der Waals surface area (Å²) in [4.78, 5) is 6.69. The SMILES string of the molecule is CC.CC1CCN(C)CC1.Cc1ncccc1CCc1cccc(Cl)c1. The number of hydrogen-bond acceptors (Lipinski definition) is 2. The summed E-state index contributed by atoms with van der Waals surface area (Å²) in [5.41, 5.74) is 3.70. The Morgan fingerprint density at radius 2 is 1.77 bits per heavy atom. The summed E-state index contributed by atoms with van der Waals surface area (Å²) >= 11 is 5.95. The number of pyridine rings is 1. The molecule has 3 rings (SSSR count). The molecule has 0 atom stereocenters. The lowest BCUT2D eigenvalue weighted by Crippen LogP contribution is -2.28. The molecule has 0 bridgehead atoms. The van der Waals surface area contributed by atoms with E-state index in [9.17, 15) is 0 Å². The van der Waals surface area contributed by atoms with E-state index in [4.69, 9.17) is 11.6 Å². The van der Waals surface area contributed by atoms with Gasteiger partial charge in [-0.1, -0.05) is 50.6 Å². The number of hydrogen-bond donors (Lipinski definition) is 0. The maximum Gasteiger partial charge on any atom is 0.0408 e. The topological polar surface area (TPSA) is 16.1 Å². The van der Waals surface area contributed by atoms with E-state index in [1.165, 1.54) is 37.1 Å². The van der Waals surface area contributed by atoms with Gasteiger partial charge in [0.15, 0.2) is 0 Å². The zero-order valence-electron chi connectivity index (χ0n) is 17.1. The Kier molecular flexibility index (Phi) is 11.2. The van der Waals surface area contributed by atoms with Crippen molar-refractivity contribution in [2.24, 2.45) is 5.92 Å². The summed E-state index contributed by atoms with van der Waals surface area (Å²) in [6.07, 6.45) is 6.65. The van der Waals surface area contributed by atoms with Gasteiger partial charge in [0.1, 0.15) is 0 Å². The molecule has 0 amide bonds. The van der Waals surface area contributed by atoms with E-state index in [-0.39, 0.29) is 0 Å². The molecule has 0 spiro atoms. The molecule has 0 N–H and O–H groups in total. The highest BCUT2D eigenvalue weighted by molar-refractivity contribution is 6.30. The minimum Gasteiger partial charge on any atom is -0.306 e. The van der Waals surface area contributed by atoms with Crippen LogP contribution in [0.4, 0.5) is 0 Å². The van der Waals surface area contributed by atoms with Crippen LogP contribution in [0.25, 0.3) is 0 Å². The third-order valence-electron chi connectivity index (χ3n) is 4.70. The van der Waals surface area contributed by atoms with Gasteiger partial charge in [-0.15, -0.1) is 0 Å². The molecule has 0 unspecified atom stereocenters. The molecule has 1 saturated heterocycles. The van der Waals surface area contributed by atoms with Crippen LogP contribution in [0.3, 0.4) is 0 Å². The van der Waals surface area contributed by atoms with Crippen molar-refractivity contribution in [3.05, 3.63) is 64.4 Å². The maximum atomic E-state index is 5.95. The second kappa shape index (κ2) is 12.9. The lowest BCUT2D eigenvalue weighted by atomic mass is 10.00. The van der Waals surface area contributed by atoms with Crippen LogP contribution >= 0.6 is 11.6 Å². The Morgan fingerprint density at radius 1 is 1.08 bits per heavy atom. The molecular weight excluding hydrogens is 340 g/mol. The summed E-state index contributed by atoms with van der Waals surface area (Å²) in [5.74, 6) is 0.978. The van der Waals surface area contributed by atoms with E-state index in [0.29, 0.717) is 0 Å². The van der Waals surface area contributed by atoms with Crippen molar-refractivity contribution in [1.29, 1.82) is 0 Å². The standard InChI is InChI=1S/C14H14ClN.C7H15N.C2H6/c1-11-13(5-3-9-16-11)8-7-12-4-2-6-14(15)10-12;1-7-3-5-8(2)6-4-7;1-2/h2-6,9-10H,7-8H2,1H3;7H,3-6H2,1-2H3;1-2H3. The highest BCUT2D eigenvalue weighted by atomic mass is 35.5. The minimum atomic E-state index is 0.806. The van der Waals surface area contributed by atoms with Crippen LogP contribution in [0.5, 0.6) is 0 Å². The zero-order valence-corrected chi connectivity index (χ0v) is 17.9. The third kappa shape index (κ3) is 8.82. The Balaban J connectivity index is 0.000000284.